The number of phenols is 1. The van der Waals surface area contributed by atoms with Crippen LogP contribution in [0.4, 0.5) is 0 Å². The molecule has 0 spiro atoms. The van der Waals surface area contributed by atoms with Crippen molar-refractivity contribution in [3.63, 3.8) is 0 Å². The van der Waals surface area contributed by atoms with E-state index >= 15 is 0 Å². The highest BCUT2D eigenvalue weighted by atomic mass is 35.5. The number of rotatable bonds is 4. The van der Waals surface area contributed by atoms with E-state index in [1.807, 2.05) is 0 Å². The lowest BCUT2D eigenvalue weighted by molar-refractivity contribution is -0.109. The van der Waals surface area contributed by atoms with Crippen molar-refractivity contribution in [3.05, 3.63) is 28.8 Å². The summed E-state index contributed by atoms with van der Waals surface area (Å²) in [6.45, 7) is 1.38. The molecule has 0 heterocycles. The molecule has 0 fully saturated rings. The summed E-state index contributed by atoms with van der Waals surface area (Å²) in [6, 6.07) is 4.10. The summed E-state index contributed by atoms with van der Waals surface area (Å²) < 4.78 is 0. The summed E-state index contributed by atoms with van der Waals surface area (Å²) in [4.78, 5) is 10.7. The molecule has 94 valence electrons. The van der Waals surface area contributed by atoms with Gasteiger partial charge in [0.1, 0.15) is 11.9 Å². The molecule has 0 saturated carbocycles. The van der Waals surface area contributed by atoms with E-state index in [0.29, 0.717) is 5.56 Å². The van der Waals surface area contributed by atoms with Crippen LogP contribution >= 0.6 is 23.4 Å². The molecule has 1 aromatic carbocycles. The van der Waals surface area contributed by atoms with Crippen molar-refractivity contribution in [2.75, 3.05) is 5.75 Å². The van der Waals surface area contributed by atoms with Crippen LogP contribution in [0, 0.1) is 0 Å². The van der Waals surface area contributed by atoms with Crippen LogP contribution < -0.4 is 0 Å². The van der Waals surface area contributed by atoms with Gasteiger partial charge in [-0.05, 0) is 23.8 Å². The minimum Gasteiger partial charge on any atom is -0.508 e. The smallest absolute Gasteiger partial charge is 0.185 e. The average Bonchev–Trinajstić information content (AvgIpc) is 2.23. The van der Waals surface area contributed by atoms with Crippen LogP contribution in [-0.2, 0) is 4.79 Å². The lowest BCUT2D eigenvalue weighted by Gasteiger charge is -2.17. The summed E-state index contributed by atoms with van der Waals surface area (Å²) in [5.74, 6) is 0.00187. The highest BCUT2D eigenvalue weighted by Crippen LogP contribution is 2.27. The van der Waals surface area contributed by atoms with Gasteiger partial charge >= 0.3 is 0 Å². The molecule has 0 bridgehead atoms. The summed E-state index contributed by atoms with van der Waals surface area (Å²) >= 11 is 6.64. The number of benzene rings is 1. The van der Waals surface area contributed by atoms with Gasteiger partial charge in [-0.2, -0.15) is 0 Å². The first kappa shape index (κ1) is 14.3. The summed E-state index contributed by atoms with van der Waals surface area (Å²) in [7, 11) is 0. The molecule has 0 aromatic heterocycles. The van der Waals surface area contributed by atoms with Gasteiger partial charge in [0.15, 0.2) is 5.12 Å². The standard InChI is InChI=1S/C11H13ClO4S/c1-6(13)17-5-10(15)11(16)7-2-8(12)4-9(14)3-7/h2-4,10-11,14-16H,5H2,1H3. The maximum Gasteiger partial charge on any atom is 0.185 e. The van der Waals surface area contributed by atoms with Crippen LogP contribution in [0.25, 0.3) is 0 Å². The zero-order chi connectivity index (χ0) is 13.0. The molecule has 0 aliphatic rings. The van der Waals surface area contributed by atoms with Crippen molar-refractivity contribution < 1.29 is 20.1 Å². The SMILES string of the molecule is CC(=O)SCC(O)C(O)c1cc(O)cc(Cl)c1. The minimum atomic E-state index is -1.19. The molecule has 0 aliphatic carbocycles. The monoisotopic (exact) mass is 276 g/mol. The van der Waals surface area contributed by atoms with Gasteiger partial charge in [-0.3, -0.25) is 4.79 Å². The third kappa shape index (κ3) is 4.55. The fourth-order valence-electron chi connectivity index (χ4n) is 1.28. The number of carbonyl (C=O) groups excluding carboxylic acids is 1. The van der Waals surface area contributed by atoms with Gasteiger partial charge in [0.25, 0.3) is 0 Å². The Hall–Kier alpha value is -0.750. The normalized spacial score (nSPS) is 14.4. The topological polar surface area (TPSA) is 77.8 Å². The van der Waals surface area contributed by atoms with Gasteiger partial charge in [-0.25, -0.2) is 0 Å². The Balaban J connectivity index is 2.73. The molecule has 17 heavy (non-hydrogen) atoms. The zero-order valence-electron chi connectivity index (χ0n) is 9.13. The molecule has 3 N–H and O–H groups in total. The zero-order valence-corrected chi connectivity index (χ0v) is 10.7. The first-order valence-corrected chi connectivity index (χ1v) is 6.25. The first-order chi connectivity index (χ1) is 7.90. The molecule has 1 aromatic rings. The lowest BCUT2D eigenvalue weighted by Crippen LogP contribution is -2.21. The second kappa shape index (κ2) is 6.26. The number of aromatic hydroxyl groups is 1. The number of aliphatic hydroxyl groups excluding tert-OH is 2. The molecule has 0 radical (unpaired) electrons. The lowest BCUT2D eigenvalue weighted by atomic mass is 10.1. The van der Waals surface area contributed by atoms with Gasteiger partial charge in [0, 0.05) is 17.7 Å². The van der Waals surface area contributed by atoms with Crippen LogP contribution in [0.3, 0.4) is 0 Å². The molecule has 1 rings (SSSR count). The summed E-state index contributed by atoms with van der Waals surface area (Å²) in [6.07, 6.45) is -2.28. The fraction of sp³-hybridized carbons (Fsp3) is 0.364. The highest BCUT2D eigenvalue weighted by molar-refractivity contribution is 8.13. The molecular weight excluding hydrogens is 264 g/mol. The van der Waals surface area contributed by atoms with E-state index in [1.165, 1.54) is 25.1 Å². The maximum atomic E-state index is 10.7. The molecule has 6 heteroatoms. The summed E-state index contributed by atoms with van der Waals surface area (Å²) in [5.41, 5.74) is 0.312. The van der Waals surface area contributed by atoms with Crippen molar-refractivity contribution in [2.24, 2.45) is 0 Å². The maximum absolute atomic E-state index is 10.7. The molecule has 0 aliphatic heterocycles. The minimum absolute atomic E-state index is 0.0852. The number of carbonyl (C=O) groups is 1. The van der Waals surface area contributed by atoms with Crippen molar-refractivity contribution in [2.45, 2.75) is 19.1 Å². The number of aliphatic hydroxyl groups is 2. The quantitative estimate of drug-likeness (QED) is 0.780. The number of hydrogen-bond donors (Lipinski definition) is 3. The van der Waals surface area contributed by atoms with Gasteiger partial charge in [0.2, 0.25) is 0 Å². The molecule has 4 nitrogen and oxygen atoms in total. The van der Waals surface area contributed by atoms with E-state index < -0.39 is 12.2 Å². The largest absolute Gasteiger partial charge is 0.508 e. The Bertz CT molecular complexity index is 390. The first-order valence-electron chi connectivity index (χ1n) is 4.89. The molecule has 0 amide bonds. The highest BCUT2D eigenvalue weighted by Gasteiger charge is 2.20. The predicted octanol–water partition coefficient (Wildman–Crippen LogP) is 1.72. The Morgan fingerprint density at radius 3 is 2.59 bits per heavy atom. The number of halogens is 1. The van der Waals surface area contributed by atoms with Crippen LogP contribution in [0.2, 0.25) is 5.02 Å². The van der Waals surface area contributed by atoms with Crippen molar-refractivity contribution >= 4 is 28.5 Å². The number of hydrogen-bond acceptors (Lipinski definition) is 5. The van der Waals surface area contributed by atoms with Crippen LogP contribution in [0.15, 0.2) is 18.2 Å². The van der Waals surface area contributed by atoms with Crippen LogP contribution in [0.1, 0.15) is 18.6 Å². The molecule has 0 saturated heterocycles. The van der Waals surface area contributed by atoms with E-state index in [2.05, 4.69) is 0 Å². The Morgan fingerprint density at radius 2 is 2.06 bits per heavy atom. The van der Waals surface area contributed by atoms with E-state index in [9.17, 15) is 20.1 Å². The third-order valence-corrected chi connectivity index (χ3v) is 3.20. The van der Waals surface area contributed by atoms with E-state index in [4.69, 9.17) is 11.6 Å². The number of thioether (sulfide) groups is 1. The van der Waals surface area contributed by atoms with Crippen molar-refractivity contribution in [1.82, 2.24) is 0 Å². The van der Waals surface area contributed by atoms with Gasteiger partial charge < -0.3 is 15.3 Å². The fourth-order valence-corrected chi connectivity index (χ4v) is 2.11. The second-order valence-corrected chi connectivity index (χ2v) is 5.19. The van der Waals surface area contributed by atoms with Gasteiger partial charge in [-0.15, -0.1) is 0 Å². The predicted molar refractivity (Wildman–Crippen MR) is 67.2 cm³/mol. The van der Waals surface area contributed by atoms with E-state index in [-0.39, 0.29) is 21.6 Å². The third-order valence-electron chi connectivity index (χ3n) is 2.07. The Morgan fingerprint density at radius 1 is 1.41 bits per heavy atom. The average molecular weight is 277 g/mol. The molecule has 2 unspecified atom stereocenters. The van der Waals surface area contributed by atoms with Crippen LogP contribution in [0.5, 0.6) is 5.75 Å². The van der Waals surface area contributed by atoms with Gasteiger partial charge in [-0.1, -0.05) is 23.4 Å². The van der Waals surface area contributed by atoms with E-state index in [1.54, 1.807) is 0 Å². The molecular formula is C11H13ClO4S. The van der Waals surface area contributed by atoms with Gasteiger partial charge in [0.05, 0.1) is 6.10 Å². The van der Waals surface area contributed by atoms with Crippen LogP contribution in [-0.4, -0.2) is 32.3 Å². The summed E-state index contributed by atoms with van der Waals surface area (Å²) in [5, 5.41) is 28.9. The number of phenolic OH excluding ortho intramolecular Hbond substituents is 1. The molecule has 2 atom stereocenters. The Labute approximate surface area is 108 Å². The van der Waals surface area contributed by atoms with E-state index in [0.717, 1.165) is 11.8 Å². The van der Waals surface area contributed by atoms with Crippen molar-refractivity contribution in [3.8, 4) is 5.75 Å². The Kier molecular flexibility index (Phi) is 5.27. The van der Waals surface area contributed by atoms with Crippen molar-refractivity contribution in [1.29, 1.82) is 0 Å². The second-order valence-electron chi connectivity index (χ2n) is 3.56.